The number of hydrogen-bond donors (Lipinski definition) is 0. The number of hydrogen-bond acceptors (Lipinski definition) is 5. The van der Waals surface area contributed by atoms with Crippen molar-refractivity contribution in [2.75, 3.05) is 4.90 Å². The molecule has 0 aliphatic carbocycles. The molecule has 11 rings (SSSR count). The van der Waals surface area contributed by atoms with Crippen LogP contribution >= 0.6 is 0 Å². The number of aromatic nitrogens is 5. The van der Waals surface area contributed by atoms with Crippen LogP contribution in [0.5, 0.6) is 0 Å². The summed E-state index contributed by atoms with van der Waals surface area (Å²) in [4.78, 5) is 22.9. The van der Waals surface area contributed by atoms with Crippen LogP contribution in [0.15, 0.2) is 206 Å². The molecule has 10 aromatic rings. The maximum Gasteiger partial charge on any atom is 0.238 e. The van der Waals surface area contributed by atoms with E-state index in [4.69, 9.17) is 19.9 Å². The fraction of sp³-hybridized carbons (Fsp3) is 0.0196. The Labute approximate surface area is 330 Å². The second-order valence-electron chi connectivity index (χ2n) is 14.3. The topological polar surface area (TPSA) is 59.7 Å². The van der Waals surface area contributed by atoms with Gasteiger partial charge in [-0.2, -0.15) is 9.97 Å². The van der Waals surface area contributed by atoms with Crippen molar-refractivity contribution < 1.29 is 0 Å². The molecule has 0 fully saturated rings. The summed E-state index contributed by atoms with van der Waals surface area (Å²) in [5.74, 6) is 1.72. The summed E-state index contributed by atoms with van der Waals surface area (Å²) in [7, 11) is 0. The molecule has 0 atom stereocenters. The van der Waals surface area contributed by atoms with Gasteiger partial charge in [0.25, 0.3) is 0 Å². The monoisotopic (exact) mass is 730 g/mol. The van der Waals surface area contributed by atoms with Crippen molar-refractivity contribution in [2.24, 2.45) is 0 Å². The van der Waals surface area contributed by atoms with Crippen LogP contribution in [0.25, 0.3) is 50.7 Å². The molecular formula is C51H34N6. The zero-order valence-corrected chi connectivity index (χ0v) is 30.8. The fourth-order valence-corrected chi connectivity index (χ4v) is 8.75. The lowest BCUT2D eigenvalue weighted by molar-refractivity contribution is 0.732. The number of benzene rings is 7. The van der Waals surface area contributed by atoms with Crippen molar-refractivity contribution in [3.8, 4) is 28.7 Å². The van der Waals surface area contributed by atoms with E-state index in [9.17, 15) is 0 Å². The van der Waals surface area contributed by atoms with Crippen LogP contribution in [0.4, 0.5) is 17.1 Å². The highest BCUT2D eigenvalue weighted by Gasteiger charge is 2.47. The molecule has 0 N–H and O–H groups in total. The Morgan fingerprint density at radius 2 is 0.965 bits per heavy atom. The van der Waals surface area contributed by atoms with Gasteiger partial charge in [0.05, 0.1) is 33.3 Å². The zero-order valence-electron chi connectivity index (χ0n) is 30.8. The summed E-state index contributed by atoms with van der Waals surface area (Å²) in [6, 6.07) is 70.3. The lowest BCUT2D eigenvalue weighted by Gasteiger charge is -2.46. The molecule has 57 heavy (non-hydrogen) atoms. The minimum atomic E-state index is -0.661. The van der Waals surface area contributed by atoms with E-state index >= 15 is 0 Å². The van der Waals surface area contributed by atoms with Crippen molar-refractivity contribution in [2.45, 2.75) is 5.41 Å². The second kappa shape index (κ2) is 13.3. The maximum atomic E-state index is 5.22. The minimum Gasteiger partial charge on any atom is -0.310 e. The Balaban J connectivity index is 1.29. The van der Waals surface area contributed by atoms with Gasteiger partial charge in [-0.1, -0.05) is 158 Å². The SMILES string of the molecule is c1ccc(-c2nc(-c3ccccc3)nc(-n3c4cc5c(cc4c4ncccc43)C(c3ccccc3)(c3ccccc3)c3ccccc3N5c3ccccc3)n2)cc1. The third-order valence-corrected chi connectivity index (χ3v) is 11.1. The normalized spacial score (nSPS) is 13.0. The third-order valence-electron chi connectivity index (χ3n) is 11.1. The highest BCUT2D eigenvalue weighted by molar-refractivity contribution is 6.10. The first kappa shape index (κ1) is 32.7. The van der Waals surface area contributed by atoms with E-state index in [0.29, 0.717) is 17.6 Å². The lowest BCUT2D eigenvalue weighted by atomic mass is 9.62. The molecule has 1 aliphatic heterocycles. The van der Waals surface area contributed by atoms with E-state index in [1.807, 2.05) is 72.9 Å². The van der Waals surface area contributed by atoms with Crippen LogP contribution in [-0.4, -0.2) is 24.5 Å². The van der Waals surface area contributed by atoms with Crippen molar-refractivity contribution in [1.82, 2.24) is 24.5 Å². The standard InChI is InChI=1S/C51H34N6/c1-6-19-35(20-7-1)48-53-49(36-21-8-2-9-22-36)55-50(54-48)57-44-31-18-32-52-47(44)40-33-42-46(34-45(40)57)56(39-27-14-5-15-28-39)43-30-17-16-29-41(43)51(42,37-23-10-3-11-24-37)38-25-12-4-13-26-38/h1-34H. The first-order valence-corrected chi connectivity index (χ1v) is 19.2. The number of para-hydroxylation sites is 2. The van der Waals surface area contributed by atoms with Crippen molar-refractivity contribution in [3.05, 3.63) is 229 Å². The van der Waals surface area contributed by atoms with Gasteiger partial charge in [-0.25, -0.2) is 4.98 Å². The first-order valence-electron chi connectivity index (χ1n) is 19.2. The molecule has 0 spiro atoms. The summed E-state index contributed by atoms with van der Waals surface area (Å²) in [6.45, 7) is 0. The van der Waals surface area contributed by atoms with E-state index in [0.717, 1.165) is 55.7 Å². The third kappa shape index (κ3) is 5.11. The van der Waals surface area contributed by atoms with Gasteiger partial charge in [0.15, 0.2) is 11.6 Å². The Hall–Kier alpha value is -7.70. The van der Waals surface area contributed by atoms with E-state index in [1.54, 1.807) is 0 Å². The predicted octanol–water partition coefficient (Wildman–Crippen LogP) is 11.9. The Morgan fingerprint density at radius 1 is 0.421 bits per heavy atom. The van der Waals surface area contributed by atoms with Crippen molar-refractivity contribution in [1.29, 1.82) is 0 Å². The number of fused-ring (bicyclic) bond motifs is 5. The van der Waals surface area contributed by atoms with Gasteiger partial charge in [-0.15, -0.1) is 0 Å². The highest BCUT2D eigenvalue weighted by Crippen LogP contribution is 2.58. The molecule has 6 heteroatoms. The van der Waals surface area contributed by atoms with Gasteiger partial charge in [0, 0.05) is 28.4 Å². The molecule has 0 unspecified atom stereocenters. The van der Waals surface area contributed by atoms with Crippen LogP contribution < -0.4 is 4.90 Å². The number of rotatable bonds is 6. The quantitative estimate of drug-likeness (QED) is 0.170. The summed E-state index contributed by atoms with van der Waals surface area (Å²) in [5, 5.41) is 1.01. The molecule has 0 saturated carbocycles. The van der Waals surface area contributed by atoms with Gasteiger partial charge < -0.3 is 4.90 Å². The van der Waals surface area contributed by atoms with Crippen LogP contribution in [0.3, 0.4) is 0 Å². The Bertz CT molecular complexity index is 2960. The summed E-state index contributed by atoms with van der Waals surface area (Å²) in [6.07, 6.45) is 1.87. The maximum absolute atomic E-state index is 5.22. The van der Waals surface area contributed by atoms with Crippen LogP contribution in [0, 0.1) is 0 Å². The highest BCUT2D eigenvalue weighted by atomic mass is 15.2. The minimum absolute atomic E-state index is 0.524. The number of pyridine rings is 1. The average molecular weight is 731 g/mol. The van der Waals surface area contributed by atoms with E-state index < -0.39 is 5.41 Å². The first-order chi connectivity index (χ1) is 28.3. The molecule has 0 saturated heterocycles. The molecule has 0 radical (unpaired) electrons. The number of nitrogens with zero attached hydrogens (tertiary/aromatic N) is 6. The smallest absolute Gasteiger partial charge is 0.238 e. The Morgan fingerprint density at radius 3 is 1.58 bits per heavy atom. The van der Waals surface area contributed by atoms with Crippen molar-refractivity contribution >= 4 is 39.0 Å². The number of anilines is 3. The van der Waals surface area contributed by atoms with E-state index in [2.05, 4.69) is 143 Å². The van der Waals surface area contributed by atoms with E-state index in [-0.39, 0.29) is 0 Å². The molecule has 4 heterocycles. The zero-order chi connectivity index (χ0) is 37.8. The largest absolute Gasteiger partial charge is 0.310 e. The molecule has 1 aliphatic rings. The average Bonchev–Trinajstić information content (AvgIpc) is 3.62. The van der Waals surface area contributed by atoms with Crippen molar-refractivity contribution in [3.63, 3.8) is 0 Å². The van der Waals surface area contributed by atoms with Crippen LogP contribution in [-0.2, 0) is 5.41 Å². The molecule has 7 aromatic carbocycles. The lowest BCUT2D eigenvalue weighted by Crippen LogP contribution is -2.37. The molecule has 3 aromatic heterocycles. The molecule has 0 bridgehead atoms. The fourth-order valence-electron chi connectivity index (χ4n) is 8.75. The Kier molecular flexibility index (Phi) is 7.60. The summed E-state index contributed by atoms with van der Waals surface area (Å²) >= 11 is 0. The molecule has 268 valence electrons. The predicted molar refractivity (Wildman–Crippen MR) is 229 cm³/mol. The molecule has 0 amide bonds. The van der Waals surface area contributed by atoms with Gasteiger partial charge in [-0.05, 0) is 64.7 Å². The van der Waals surface area contributed by atoms with Crippen LogP contribution in [0.1, 0.15) is 22.3 Å². The van der Waals surface area contributed by atoms with E-state index in [1.165, 1.54) is 16.7 Å². The molecular weight excluding hydrogens is 697 g/mol. The second-order valence-corrected chi connectivity index (χ2v) is 14.3. The van der Waals surface area contributed by atoms with Gasteiger partial charge in [0.2, 0.25) is 5.95 Å². The summed E-state index contributed by atoms with van der Waals surface area (Å²) < 4.78 is 2.16. The van der Waals surface area contributed by atoms with Gasteiger partial charge in [-0.3, -0.25) is 9.55 Å². The summed E-state index contributed by atoms with van der Waals surface area (Å²) in [5.41, 5.74) is 11.9. The van der Waals surface area contributed by atoms with Gasteiger partial charge >= 0.3 is 0 Å². The van der Waals surface area contributed by atoms with Gasteiger partial charge in [0.1, 0.15) is 0 Å². The molecule has 6 nitrogen and oxygen atoms in total. The van der Waals surface area contributed by atoms with Crippen LogP contribution in [0.2, 0.25) is 0 Å².